The average molecular weight is 211 g/mol. The Balaban J connectivity index is 2.62. The highest BCUT2D eigenvalue weighted by atomic mass is 16.3. The highest BCUT2D eigenvalue weighted by molar-refractivity contribution is 5.23. The Bertz CT molecular complexity index is 318. The lowest BCUT2D eigenvalue weighted by Crippen LogP contribution is -2.15. The number of hydrogen-bond donors (Lipinski definition) is 1. The third kappa shape index (κ3) is 3.04. The SMILES string of the molecule is Cc1nn(CCCN(C)C)c(C)c1CO. The molecule has 0 spiro atoms. The van der Waals surface area contributed by atoms with Gasteiger partial charge in [-0.25, -0.2) is 0 Å². The van der Waals surface area contributed by atoms with E-state index in [-0.39, 0.29) is 6.61 Å². The number of aryl methyl sites for hydroxylation is 2. The van der Waals surface area contributed by atoms with Crippen LogP contribution in [0.25, 0.3) is 0 Å². The molecule has 0 aliphatic rings. The summed E-state index contributed by atoms with van der Waals surface area (Å²) in [5.74, 6) is 0. The van der Waals surface area contributed by atoms with Crippen molar-refractivity contribution in [2.75, 3.05) is 20.6 Å². The van der Waals surface area contributed by atoms with Crippen molar-refractivity contribution in [3.8, 4) is 0 Å². The summed E-state index contributed by atoms with van der Waals surface area (Å²) in [5, 5.41) is 13.6. The van der Waals surface area contributed by atoms with Gasteiger partial charge in [0.2, 0.25) is 0 Å². The van der Waals surface area contributed by atoms with Crippen LogP contribution in [-0.4, -0.2) is 40.4 Å². The number of rotatable bonds is 5. The van der Waals surface area contributed by atoms with Crippen molar-refractivity contribution in [2.24, 2.45) is 0 Å². The molecule has 0 bridgehead atoms. The lowest BCUT2D eigenvalue weighted by molar-refractivity contribution is 0.280. The van der Waals surface area contributed by atoms with E-state index in [1.165, 1.54) is 0 Å². The van der Waals surface area contributed by atoms with E-state index in [2.05, 4.69) is 24.1 Å². The van der Waals surface area contributed by atoms with Gasteiger partial charge >= 0.3 is 0 Å². The van der Waals surface area contributed by atoms with Gasteiger partial charge in [-0.05, 0) is 40.9 Å². The summed E-state index contributed by atoms with van der Waals surface area (Å²) in [4.78, 5) is 2.17. The van der Waals surface area contributed by atoms with Crippen molar-refractivity contribution in [1.29, 1.82) is 0 Å². The van der Waals surface area contributed by atoms with Gasteiger partial charge in [0, 0.05) is 17.8 Å². The lowest BCUT2D eigenvalue weighted by Gasteiger charge is -2.10. The Kier molecular flexibility index (Phi) is 4.29. The molecule has 1 aromatic rings. The van der Waals surface area contributed by atoms with Crippen LogP contribution in [0, 0.1) is 13.8 Å². The molecular formula is C11H21N3O. The van der Waals surface area contributed by atoms with Gasteiger partial charge in [0.15, 0.2) is 0 Å². The fourth-order valence-electron chi connectivity index (χ4n) is 1.72. The minimum atomic E-state index is 0.0886. The smallest absolute Gasteiger partial charge is 0.0718 e. The second kappa shape index (κ2) is 5.28. The maximum atomic E-state index is 9.16. The van der Waals surface area contributed by atoms with Gasteiger partial charge in [0.1, 0.15) is 0 Å². The molecule has 86 valence electrons. The predicted molar refractivity (Wildman–Crippen MR) is 60.8 cm³/mol. The van der Waals surface area contributed by atoms with Crippen molar-refractivity contribution in [3.63, 3.8) is 0 Å². The molecule has 4 nitrogen and oxygen atoms in total. The van der Waals surface area contributed by atoms with Gasteiger partial charge < -0.3 is 10.0 Å². The Hall–Kier alpha value is -0.870. The third-order valence-corrected chi connectivity index (χ3v) is 2.66. The van der Waals surface area contributed by atoms with Gasteiger partial charge in [-0.1, -0.05) is 0 Å². The van der Waals surface area contributed by atoms with E-state index in [0.717, 1.165) is 36.5 Å². The largest absolute Gasteiger partial charge is 0.392 e. The van der Waals surface area contributed by atoms with E-state index in [4.69, 9.17) is 5.11 Å². The summed E-state index contributed by atoms with van der Waals surface area (Å²) in [6.07, 6.45) is 1.08. The van der Waals surface area contributed by atoms with Crippen LogP contribution in [0.2, 0.25) is 0 Å². The molecule has 4 heteroatoms. The zero-order valence-electron chi connectivity index (χ0n) is 10.1. The molecule has 15 heavy (non-hydrogen) atoms. The summed E-state index contributed by atoms with van der Waals surface area (Å²) in [7, 11) is 4.14. The Labute approximate surface area is 91.5 Å². The third-order valence-electron chi connectivity index (χ3n) is 2.66. The maximum absolute atomic E-state index is 9.16. The summed E-state index contributed by atoms with van der Waals surface area (Å²) in [5.41, 5.74) is 3.01. The zero-order chi connectivity index (χ0) is 11.4. The number of aliphatic hydroxyl groups is 1. The quantitative estimate of drug-likeness (QED) is 0.788. The second-order valence-electron chi connectivity index (χ2n) is 4.19. The molecule has 1 rings (SSSR count). The molecule has 0 radical (unpaired) electrons. The molecular weight excluding hydrogens is 190 g/mol. The molecule has 0 unspecified atom stereocenters. The molecule has 0 aromatic carbocycles. The van der Waals surface area contributed by atoms with Gasteiger partial charge in [0.05, 0.1) is 12.3 Å². The van der Waals surface area contributed by atoms with Gasteiger partial charge in [0.25, 0.3) is 0 Å². The van der Waals surface area contributed by atoms with Crippen molar-refractivity contribution in [3.05, 3.63) is 17.0 Å². The van der Waals surface area contributed by atoms with Crippen molar-refractivity contribution in [1.82, 2.24) is 14.7 Å². The highest BCUT2D eigenvalue weighted by Crippen LogP contribution is 2.12. The van der Waals surface area contributed by atoms with Crippen LogP contribution in [0.3, 0.4) is 0 Å². The van der Waals surface area contributed by atoms with E-state index in [9.17, 15) is 0 Å². The predicted octanol–water partition coefficient (Wildman–Crippen LogP) is 0.944. The number of aliphatic hydroxyl groups excluding tert-OH is 1. The first-order valence-corrected chi connectivity index (χ1v) is 5.34. The summed E-state index contributed by atoms with van der Waals surface area (Å²) >= 11 is 0. The van der Waals surface area contributed by atoms with Gasteiger partial charge in [-0.2, -0.15) is 5.10 Å². The van der Waals surface area contributed by atoms with Crippen LogP contribution in [0.15, 0.2) is 0 Å². The molecule has 0 saturated heterocycles. The molecule has 1 heterocycles. The minimum Gasteiger partial charge on any atom is -0.392 e. The Morgan fingerprint density at radius 3 is 2.47 bits per heavy atom. The molecule has 0 fully saturated rings. The van der Waals surface area contributed by atoms with Crippen LogP contribution in [0.1, 0.15) is 23.4 Å². The normalized spacial score (nSPS) is 11.3. The number of aromatic nitrogens is 2. The van der Waals surface area contributed by atoms with E-state index in [1.54, 1.807) is 0 Å². The average Bonchev–Trinajstić information content (AvgIpc) is 2.41. The minimum absolute atomic E-state index is 0.0886. The van der Waals surface area contributed by atoms with E-state index >= 15 is 0 Å². The van der Waals surface area contributed by atoms with E-state index in [0.29, 0.717) is 0 Å². The standard InChI is InChI=1S/C11H21N3O/c1-9-11(8-15)10(2)14(12-9)7-5-6-13(3)4/h15H,5-8H2,1-4H3. The summed E-state index contributed by atoms with van der Waals surface area (Å²) < 4.78 is 1.99. The van der Waals surface area contributed by atoms with Gasteiger partial charge in [-0.15, -0.1) is 0 Å². The Morgan fingerprint density at radius 2 is 2.00 bits per heavy atom. The molecule has 0 aliphatic carbocycles. The number of hydrogen-bond acceptors (Lipinski definition) is 3. The first kappa shape index (κ1) is 12.2. The first-order valence-electron chi connectivity index (χ1n) is 5.34. The van der Waals surface area contributed by atoms with Crippen LogP contribution >= 0.6 is 0 Å². The second-order valence-corrected chi connectivity index (χ2v) is 4.19. The molecule has 0 saturated carbocycles. The summed E-state index contributed by atoms with van der Waals surface area (Å²) in [6.45, 7) is 6.03. The van der Waals surface area contributed by atoms with Crippen LogP contribution in [0.5, 0.6) is 0 Å². The van der Waals surface area contributed by atoms with Crippen molar-refractivity contribution < 1.29 is 5.11 Å². The van der Waals surface area contributed by atoms with Crippen molar-refractivity contribution in [2.45, 2.75) is 33.4 Å². The van der Waals surface area contributed by atoms with Gasteiger partial charge in [-0.3, -0.25) is 4.68 Å². The molecule has 0 atom stereocenters. The Morgan fingerprint density at radius 1 is 1.33 bits per heavy atom. The molecule has 1 N–H and O–H groups in total. The van der Waals surface area contributed by atoms with Crippen LogP contribution in [-0.2, 0) is 13.2 Å². The van der Waals surface area contributed by atoms with E-state index in [1.807, 2.05) is 18.5 Å². The first-order chi connectivity index (χ1) is 7.06. The van der Waals surface area contributed by atoms with Crippen LogP contribution < -0.4 is 0 Å². The van der Waals surface area contributed by atoms with E-state index < -0.39 is 0 Å². The summed E-state index contributed by atoms with van der Waals surface area (Å²) in [6, 6.07) is 0. The van der Waals surface area contributed by atoms with Crippen molar-refractivity contribution >= 4 is 0 Å². The fourth-order valence-corrected chi connectivity index (χ4v) is 1.72. The molecule has 0 aliphatic heterocycles. The monoisotopic (exact) mass is 211 g/mol. The molecule has 0 amide bonds. The fraction of sp³-hybridized carbons (Fsp3) is 0.727. The highest BCUT2D eigenvalue weighted by Gasteiger charge is 2.09. The maximum Gasteiger partial charge on any atom is 0.0718 e. The van der Waals surface area contributed by atoms with Crippen LogP contribution in [0.4, 0.5) is 0 Å². The number of nitrogens with zero attached hydrogens (tertiary/aromatic N) is 3. The molecule has 1 aromatic heterocycles. The lowest BCUT2D eigenvalue weighted by atomic mass is 10.2. The zero-order valence-corrected chi connectivity index (χ0v) is 10.1. The topological polar surface area (TPSA) is 41.3 Å².